The Balaban J connectivity index is 3.29. The molecule has 0 radical (unpaired) electrons. The highest BCUT2D eigenvalue weighted by Crippen LogP contribution is 1.82. The molecule has 5 heteroatoms. The number of nitrogens with zero attached hydrogens (tertiary/aromatic N) is 1. The maximum Gasteiger partial charge on any atom is 0.274 e. The van der Waals surface area contributed by atoms with Crippen LogP contribution < -0.4 is 11.3 Å². The highest BCUT2D eigenvalue weighted by atomic mass is 16.1. The van der Waals surface area contributed by atoms with Crippen LogP contribution in [0.25, 0.3) is 0 Å². The van der Waals surface area contributed by atoms with E-state index in [9.17, 15) is 4.79 Å². The summed E-state index contributed by atoms with van der Waals surface area (Å²) in [7, 11) is 0. The van der Waals surface area contributed by atoms with Crippen LogP contribution in [0, 0.1) is 12.3 Å². The van der Waals surface area contributed by atoms with Gasteiger partial charge in [0, 0.05) is 11.8 Å². The van der Waals surface area contributed by atoms with Gasteiger partial charge in [-0.05, 0) is 6.92 Å². The molecular weight excluding hydrogens is 132 g/mol. The average molecular weight is 140 g/mol. The van der Waals surface area contributed by atoms with E-state index in [1.54, 1.807) is 6.92 Å². The third-order valence-electron chi connectivity index (χ3n) is 1.09. The van der Waals surface area contributed by atoms with Gasteiger partial charge in [0.25, 0.3) is 5.56 Å². The minimum absolute atomic E-state index is 0.293. The van der Waals surface area contributed by atoms with E-state index in [2.05, 4.69) is 5.10 Å². The van der Waals surface area contributed by atoms with Gasteiger partial charge in [0.15, 0.2) is 0 Å². The molecule has 0 atom stereocenters. The fraction of sp³-hybridized carbons (Fsp3) is 0.200. The molecule has 54 valence electrons. The summed E-state index contributed by atoms with van der Waals surface area (Å²) < 4.78 is 0.968. The topological polar surface area (TPSA) is 87.7 Å². The second kappa shape index (κ2) is 2.02. The van der Waals surface area contributed by atoms with Crippen LogP contribution in [0.3, 0.4) is 0 Å². The Morgan fingerprint density at radius 1 is 1.90 bits per heavy atom. The maximum atomic E-state index is 10.8. The normalized spacial score (nSPS) is 9.70. The number of H-pyrrole nitrogens is 1. The van der Waals surface area contributed by atoms with Gasteiger partial charge in [0.1, 0.15) is 0 Å². The minimum atomic E-state index is -0.301. The minimum Gasteiger partial charge on any atom is -0.368 e. The molecule has 4 N–H and O–H groups in total. The molecule has 0 spiro atoms. The summed E-state index contributed by atoms with van der Waals surface area (Å²) in [5.41, 5.74) is 5.44. The molecule has 1 aromatic heterocycles. The second-order valence-corrected chi connectivity index (χ2v) is 2.00. The standard InChI is InChI=1S/C5H8N4O/c1-3-2-4(10)9(8-3)5(6)7/h2,8H,1H3,(H3,6,7). The SMILES string of the molecule is Cc1cc(=O)n(C(=N)N)[nH]1. The van der Waals surface area contributed by atoms with Gasteiger partial charge in [0.2, 0.25) is 5.96 Å². The lowest BCUT2D eigenvalue weighted by Gasteiger charge is -1.93. The Morgan fingerprint density at radius 2 is 2.50 bits per heavy atom. The summed E-state index contributed by atoms with van der Waals surface area (Å²) in [5, 5.41) is 9.50. The van der Waals surface area contributed by atoms with Crippen LogP contribution in [0.1, 0.15) is 5.69 Å². The number of hydrogen-bond donors (Lipinski definition) is 3. The van der Waals surface area contributed by atoms with Gasteiger partial charge in [-0.2, -0.15) is 4.68 Å². The summed E-state index contributed by atoms with van der Waals surface area (Å²) in [6, 6.07) is 1.38. The van der Waals surface area contributed by atoms with E-state index in [-0.39, 0.29) is 11.5 Å². The number of aromatic amines is 1. The van der Waals surface area contributed by atoms with Crippen LogP contribution in [0.5, 0.6) is 0 Å². The van der Waals surface area contributed by atoms with Crippen LogP contribution in [0.4, 0.5) is 0 Å². The number of aryl methyl sites for hydroxylation is 1. The third-order valence-corrected chi connectivity index (χ3v) is 1.09. The van der Waals surface area contributed by atoms with Crippen molar-refractivity contribution in [3.05, 3.63) is 22.1 Å². The average Bonchev–Trinajstić information content (AvgIpc) is 2.10. The van der Waals surface area contributed by atoms with Gasteiger partial charge in [0.05, 0.1) is 0 Å². The molecule has 0 fully saturated rings. The molecular formula is C5H8N4O. The zero-order chi connectivity index (χ0) is 7.72. The number of aromatic nitrogens is 2. The fourth-order valence-corrected chi connectivity index (χ4v) is 0.692. The van der Waals surface area contributed by atoms with E-state index in [1.807, 2.05) is 0 Å². The third kappa shape index (κ3) is 0.928. The van der Waals surface area contributed by atoms with Crippen molar-refractivity contribution in [1.82, 2.24) is 9.78 Å². The van der Waals surface area contributed by atoms with Crippen LogP contribution in [-0.4, -0.2) is 15.7 Å². The lowest BCUT2D eigenvalue weighted by molar-refractivity contribution is 0.865. The van der Waals surface area contributed by atoms with Crippen LogP contribution >= 0.6 is 0 Å². The summed E-state index contributed by atoms with van der Waals surface area (Å²) in [6.45, 7) is 1.72. The summed E-state index contributed by atoms with van der Waals surface area (Å²) in [5.74, 6) is -0.293. The summed E-state index contributed by atoms with van der Waals surface area (Å²) in [4.78, 5) is 10.8. The van der Waals surface area contributed by atoms with Crippen molar-refractivity contribution in [2.45, 2.75) is 6.92 Å². The molecule has 0 aliphatic heterocycles. The molecule has 1 aromatic rings. The predicted molar refractivity (Wildman–Crippen MR) is 37.1 cm³/mol. The first-order valence-electron chi connectivity index (χ1n) is 2.74. The quantitative estimate of drug-likeness (QED) is 0.326. The van der Waals surface area contributed by atoms with Gasteiger partial charge >= 0.3 is 0 Å². The van der Waals surface area contributed by atoms with Crippen LogP contribution in [0.2, 0.25) is 0 Å². The fourth-order valence-electron chi connectivity index (χ4n) is 0.692. The maximum absolute atomic E-state index is 10.8. The lowest BCUT2D eigenvalue weighted by Crippen LogP contribution is -2.30. The van der Waals surface area contributed by atoms with E-state index in [1.165, 1.54) is 6.07 Å². The van der Waals surface area contributed by atoms with Gasteiger partial charge < -0.3 is 5.73 Å². The van der Waals surface area contributed by atoms with Crippen LogP contribution in [0.15, 0.2) is 10.9 Å². The van der Waals surface area contributed by atoms with Gasteiger partial charge in [-0.1, -0.05) is 0 Å². The number of nitrogens with one attached hydrogen (secondary N) is 2. The Labute approximate surface area is 57.0 Å². The van der Waals surface area contributed by atoms with E-state index in [4.69, 9.17) is 11.1 Å². The largest absolute Gasteiger partial charge is 0.368 e. The van der Waals surface area contributed by atoms with Crippen molar-refractivity contribution in [1.29, 1.82) is 5.41 Å². The molecule has 0 saturated heterocycles. The van der Waals surface area contributed by atoms with Crippen LogP contribution in [-0.2, 0) is 0 Å². The van der Waals surface area contributed by atoms with Gasteiger partial charge in [-0.3, -0.25) is 15.3 Å². The summed E-state index contributed by atoms with van der Waals surface area (Å²) >= 11 is 0. The molecule has 0 unspecified atom stereocenters. The zero-order valence-corrected chi connectivity index (χ0v) is 5.51. The van der Waals surface area contributed by atoms with E-state index >= 15 is 0 Å². The summed E-state index contributed by atoms with van der Waals surface area (Å²) in [6.07, 6.45) is 0. The molecule has 0 aromatic carbocycles. The molecule has 5 nitrogen and oxygen atoms in total. The van der Waals surface area contributed by atoms with E-state index in [0.29, 0.717) is 5.69 Å². The second-order valence-electron chi connectivity index (χ2n) is 2.00. The van der Waals surface area contributed by atoms with Crippen molar-refractivity contribution >= 4 is 5.96 Å². The molecule has 10 heavy (non-hydrogen) atoms. The highest BCUT2D eigenvalue weighted by molar-refractivity contribution is 5.75. The first-order valence-corrected chi connectivity index (χ1v) is 2.74. The van der Waals surface area contributed by atoms with Crippen molar-refractivity contribution in [3.63, 3.8) is 0 Å². The lowest BCUT2D eigenvalue weighted by atomic mass is 10.5. The Hall–Kier alpha value is -1.52. The highest BCUT2D eigenvalue weighted by Gasteiger charge is 1.99. The first-order chi connectivity index (χ1) is 4.61. The molecule has 0 bridgehead atoms. The number of rotatable bonds is 0. The van der Waals surface area contributed by atoms with Crippen molar-refractivity contribution in [3.8, 4) is 0 Å². The molecule has 0 amide bonds. The Kier molecular flexibility index (Phi) is 1.33. The van der Waals surface area contributed by atoms with Crippen molar-refractivity contribution in [2.24, 2.45) is 5.73 Å². The van der Waals surface area contributed by atoms with E-state index < -0.39 is 0 Å². The molecule has 0 saturated carbocycles. The van der Waals surface area contributed by atoms with Gasteiger partial charge in [-0.25, -0.2) is 0 Å². The van der Waals surface area contributed by atoms with E-state index in [0.717, 1.165) is 4.68 Å². The molecule has 0 aliphatic rings. The zero-order valence-electron chi connectivity index (χ0n) is 5.51. The number of hydrogen-bond acceptors (Lipinski definition) is 2. The Morgan fingerprint density at radius 3 is 2.70 bits per heavy atom. The Bertz CT molecular complexity index is 308. The smallest absolute Gasteiger partial charge is 0.274 e. The molecule has 1 heterocycles. The predicted octanol–water partition coefficient (Wildman–Crippen LogP) is -0.774. The number of nitrogens with two attached hydrogens (primary N) is 1. The molecule has 0 aliphatic carbocycles. The molecule has 1 rings (SSSR count). The first kappa shape index (κ1) is 6.60. The monoisotopic (exact) mass is 140 g/mol. The van der Waals surface area contributed by atoms with Crippen molar-refractivity contribution in [2.75, 3.05) is 0 Å². The van der Waals surface area contributed by atoms with Crippen molar-refractivity contribution < 1.29 is 0 Å². The van der Waals surface area contributed by atoms with Gasteiger partial charge in [-0.15, -0.1) is 0 Å². The number of nitrogen functional groups attached to an aromatic ring is 1.